The van der Waals surface area contributed by atoms with Crippen molar-refractivity contribution in [2.24, 2.45) is 11.8 Å². The fourth-order valence-electron chi connectivity index (χ4n) is 3.83. The molecular formula is C24H37N3O5. The summed E-state index contributed by atoms with van der Waals surface area (Å²) in [6, 6.07) is 7.12. The number of alkyl carbamates (subject to hydrolysis) is 1. The van der Waals surface area contributed by atoms with Crippen molar-refractivity contribution < 1.29 is 23.9 Å². The number of hydrogen-bond acceptors (Lipinski definition) is 5. The van der Waals surface area contributed by atoms with E-state index in [2.05, 4.69) is 10.6 Å². The van der Waals surface area contributed by atoms with Gasteiger partial charge in [-0.3, -0.25) is 9.59 Å². The number of likely N-dealkylation sites (N-methyl/N-ethyl adjacent to an activating group) is 1. The molecule has 1 fully saturated rings. The van der Waals surface area contributed by atoms with E-state index in [0.29, 0.717) is 30.4 Å². The molecule has 178 valence electrons. The number of benzene rings is 1. The molecule has 1 aliphatic carbocycles. The number of anilines is 1. The molecule has 1 aliphatic rings. The smallest absolute Gasteiger partial charge is 0.407 e. The molecule has 2 N–H and O–H groups in total. The molecule has 0 saturated heterocycles. The van der Waals surface area contributed by atoms with E-state index < -0.39 is 11.7 Å². The lowest BCUT2D eigenvalue weighted by molar-refractivity contribution is -0.139. The highest BCUT2D eigenvalue weighted by molar-refractivity contribution is 5.95. The molecular weight excluding hydrogens is 410 g/mol. The first-order valence-electron chi connectivity index (χ1n) is 11.3. The van der Waals surface area contributed by atoms with Crippen LogP contribution in [0.1, 0.15) is 53.4 Å². The van der Waals surface area contributed by atoms with Crippen LogP contribution in [0.15, 0.2) is 24.3 Å². The van der Waals surface area contributed by atoms with Gasteiger partial charge in [0, 0.05) is 30.8 Å². The maximum Gasteiger partial charge on any atom is 0.407 e. The average molecular weight is 448 g/mol. The highest BCUT2D eigenvalue weighted by Crippen LogP contribution is 2.30. The summed E-state index contributed by atoms with van der Waals surface area (Å²) in [5.74, 6) is 0.690. The summed E-state index contributed by atoms with van der Waals surface area (Å²) in [4.78, 5) is 38.9. The molecule has 1 aromatic rings. The van der Waals surface area contributed by atoms with Gasteiger partial charge in [-0.05, 0) is 71.4 Å². The van der Waals surface area contributed by atoms with E-state index in [1.807, 2.05) is 27.7 Å². The van der Waals surface area contributed by atoms with Crippen molar-refractivity contribution in [2.45, 2.75) is 59.0 Å². The summed E-state index contributed by atoms with van der Waals surface area (Å²) in [6.07, 6.45) is 2.83. The van der Waals surface area contributed by atoms with Gasteiger partial charge < -0.3 is 25.0 Å². The second kappa shape index (κ2) is 11.7. The van der Waals surface area contributed by atoms with Crippen molar-refractivity contribution in [2.75, 3.05) is 32.1 Å². The minimum absolute atomic E-state index is 0.0202. The van der Waals surface area contributed by atoms with E-state index >= 15 is 0 Å². The van der Waals surface area contributed by atoms with Gasteiger partial charge in [0.05, 0.1) is 13.7 Å². The van der Waals surface area contributed by atoms with Gasteiger partial charge in [0.15, 0.2) is 0 Å². The number of methoxy groups -OCH3 is 1. The van der Waals surface area contributed by atoms with E-state index in [4.69, 9.17) is 9.47 Å². The highest BCUT2D eigenvalue weighted by atomic mass is 16.6. The second-order valence-electron chi connectivity index (χ2n) is 9.23. The van der Waals surface area contributed by atoms with Crippen LogP contribution < -0.4 is 15.4 Å². The monoisotopic (exact) mass is 447 g/mol. The van der Waals surface area contributed by atoms with Gasteiger partial charge in [-0.25, -0.2) is 4.79 Å². The number of carbonyl (C=O) groups excluding carboxylic acids is 3. The van der Waals surface area contributed by atoms with Crippen molar-refractivity contribution in [3.63, 3.8) is 0 Å². The molecule has 0 radical (unpaired) electrons. The predicted octanol–water partition coefficient (Wildman–Crippen LogP) is 3.81. The van der Waals surface area contributed by atoms with Crippen molar-refractivity contribution in [1.82, 2.24) is 10.2 Å². The molecule has 1 saturated carbocycles. The van der Waals surface area contributed by atoms with Crippen molar-refractivity contribution >= 4 is 23.6 Å². The summed E-state index contributed by atoms with van der Waals surface area (Å²) >= 11 is 0. The third-order valence-corrected chi connectivity index (χ3v) is 5.51. The van der Waals surface area contributed by atoms with Gasteiger partial charge in [0.2, 0.25) is 11.8 Å². The molecule has 0 unspecified atom stereocenters. The molecule has 0 aromatic heterocycles. The molecule has 0 aliphatic heterocycles. The minimum atomic E-state index is -0.517. The van der Waals surface area contributed by atoms with E-state index in [1.165, 1.54) is 0 Å². The van der Waals surface area contributed by atoms with E-state index in [1.54, 1.807) is 36.3 Å². The predicted molar refractivity (Wildman–Crippen MR) is 124 cm³/mol. The van der Waals surface area contributed by atoms with Gasteiger partial charge in [-0.2, -0.15) is 0 Å². The van der Waals surface area contributed by atoms with Gasteiger partial charge in [-0.15, -0.1) is 0 Å². The Morgan fingerprint density at radius 1 is 1.12 bits per heavy atom. The van der Waals surface area contributed by atoms with Crippen LogP contribution in [0.4, 0.5) is 10.5 Å². The first-order chi connectivity index (χ1) is 15.1. The fourth-order valence-corrected chi connectivity index (χ4v) is 3.83. The van der Waals surface area contributed by atoms with Gasteiger partial charge >= 0.3 is 6.09 Å². The van der Waals surface area contributed by atoms with Crippen LogP contribution in [0, 0.1) is 11.8 Å². The first-order valence-corrected chi connectivity index (χ1v) is 11.3. The van der Waals surface area contributed by atoms with Crippen LogP contribution in [-0.4, -0.2) is 55.2 Å². The maximum atomic E-state index is 13.0. The second-order valence-corrected chi connectivity index (χ2v) is 9.23. The Hall–Kier alpha value is -2.77. The SMILES string of the molecule is CCN(CC(=O)Nc1cccc(OC)c1)C(=O)C1CCC(CNC(=O)OC(C)(C)C)CC1. The van der Waals surface area contributed by atoms with Crippen molar-refractivity contribution in [1.29, 1.82) is 0 Å². The Balaban J connectivity index is 1.79. The molecule has 0 spiro atoms. The lowest BCUT2D eigenvalue weighted by Crippen LogP contribution is -2.42. The average Bonchev–Trinajstić information content (AvgIpc) is 2.75. The molecule has 3 amide bonds. The zero-order valence-electron chi connectivity index (χ0n) is 19.9. The number of rotatable bonds is 8. The van der Waals surface area contributed by atoms with Crippen LogP contribution in [0.25, 0.3) is 0 Å². The van der Waals surface area contributed by atoms with Gasteiger partial charge in [-0.1, -0.05) is 6.07 Å². The summed E-state index contributed by atoms with van der Waals surface area (Å²) in [7, 11) is 1.57. The number of nitrogens with zero attached hydrogens (tertiary/aromatic N) is 1. The Labute approximate surface area is 191 Å². The Kier molecular flexibility index (Phi) is 9.35. The summed E-state index contributed by atoms with van der Waals surface area (Å²) in [5, 5.41) is 5.65. The molecule has 32 heavy (non-hydrogen) atoms. The molecule has 0 atom stereocenters. The zero-order chi connectivity index (χ0) is 23.7. The van der Waals surface area contributed by atoms with E-state index in [9.17, 15) is 14.4 Å². The van der Waals surface area contributed by atoms with E-state index in [0.717, 1.165) is 25.7 Å². The number of hydrogen-bond donors (Lipinski definition) is 2. The fraction of sp³-hybridized carbons (Fsp3) is 0.625. The lowest BCUT2D eigenvalue weighted by Gasteiger charge is -2.31. The molecule has 1 aromatic carbocycles. The number of carbonyl (C=O) groups is 3. The molecule has 8 heteroatoms. The number of amides is 3. The highest BCUT2D eigenvalue weighted by Gasteiger charge is 2.30. The first kappa shape index (κ1) is 25.5. The topological polar surface area (TPSA) is 97.0 Å². The lowest BCUT2D eigenvalue weighted by atomic mass is 9.81. The Bertz CT molecular complexity index is 782. The Morgan fingerprint density at radius 2 is 1.81 bits per heavy atom. The normalized spacial score (nSPS) is 18.4. The third kappa shape index (κ3) is 8.40. The van der Waals surface area contributed by atoms with Crippen LogP contribution in [0.5, 0.6) is 5.75 Å². The van der Waals surface area contributed by atoms with Crippen LogP contribution >= 0.6 is 0 Å². The zero-order valence-corrected chi connectivity index (χ0v) is 19.9. The number of nitrogens with one attached hydrogen (secondary N) is 2. The summed E-state index contributed by atoms with van der Waals surface area (Å²) in [5.41, 5.74) is 0.118. The standard InChI is InChI=1S/C24H37N3O5/c1-6-27(16-21(28)26-19-8-7-9-20(14-19)31-5)22(29)18-12-10-17(11-13-18)15-25-23(30)32-24(2,3)4/h7-9,14,17-18H,6,10-13,15-16H2,1-5H3,(H,25,30)(H,26,28). The van der Waals surface area contributed by atoms with Crippen molar-refractivity contribution in [3.8, 4) is 5.75 Å². The minimum Gasteiger partial charge on any atom is -0.497 e. The van der Waals surface area contributed by atoms with Crippen LogP contribution in [0.2, 0.25) is 0 Å². The third-order valence-electron chi connectivity index (χ3n) is 5.51. The Morgan fingerprint density at radius 3 is 2.41 bits per heavy atom. The number of ether oxygens (including phenoxy) is 2. The largest absolute Gasteiger partial charge is 0.497 e. The van der Waals surface area contributed by atoms with Crippen molar-refractivity contribution in [3.05, 3.63) is 24.3 Å². The maximum absolute atomic E-state index is 13.0. The van der Waals surface area contributed by atoms with Crippen LogP contribution in [0.3, 0.4) is 0 Å². The summed E-state index contributed by atoms with van der Waals surface area (Å²) < 4.78 is 10.4. The quantitative estimate of drug-likeness (QED) is 0.632. The molecule has 8 nitrogen and oxygen atoms in total. The molecule has 0 heterocycles. The van der Waals surface area contributed by atoms with E-state index in [-0.39, 0.29) is 24.3 Å². The summed E-state index contributed by atoms with van der Waals surface area (Å²) in [6.45, 7) is 8.43. The van der Waals surface area contributed by atoms with Crippen LogP contribution in [-0.2, 0) is 14.3 Å². The van der Waals surface area contributed by atoms with Gasteiger partial charge in [0.1, 0.15) is 11.4 Å². The van der Waals surface area contributed by atoms with Gasteiger partial charge in [0.25, 0.3) is 0 Å². The molecule has 0 bridgehead atoms. The molecule has 2 rings (SSSR count).